The summed E-state index contributed by atoms with van der Waals surface area (Å²) in [7, 11) is 0. The fourth-order valence-corrected chi connectivity index (χ4v) is 1.81. The number of benzene rings is 1. The molecule has 0 saturated carbocycles. The smallest absolute Gasteiger partial charge is 0.246 e. The van der Waals surface area contributed by atoms with Crippen molar-refractivity contribution in [3.05, 3.63) is 30.3 Å². The Morgan fingerprint density at radius 2 is 1.84 bits per heavy atom. The SMILES string of the molecule is CCCCC(=O)NCC(=O)N(CC)c1ccccc1. The van der Waals surface area contributed by atoms with Crippen molar-refractivity contribution in [1.29, 1.82) is 0 Å². The van der Waals surface area contributed by atoms with Gasteiger partial charge in [0.2, 0.25) is 11.8 Å². The van der Waals surface area contributed by atoms with E-state index in [-0.39, 0.29) is 18.4 Å². The summed E-state index contributed by atoms with van der Waals surface area (Å²) < 4.78 is 0. The zero-order valence-corrected chi connectivity index (χ0v) is 11.7. The van der Waals surface area contributed by atoms with Gasteiger partial charge in [0.1, 0.15) is 0 Å². The van der Waals surface area contributed by atoms with Gasteiger partial charge >= 0.3 is 0 Å². The molecule has 4 heteroatoms. The second-order valence-electron chi connectivity index (χ2n) is 4.35. The van der Waals surface area contributed by atoms with Gasteiger partial charge in [0.15, 0.2) is 0 Å². The van der Waals surface area contributed by atoms with Crippen molar-refractivity contribution in [3.8, 4) is 0 Å². The highest BCUT2D eigenvalue weighted by molar-refractivity contribution is 5.96. The topological polar surface area (TPSA) is 49.4 Å². The third-order valence-electron chi connectivity index (χ3n) is 2.88. The number of para-hydroxylation sites is 1. The Hall–Kier alpha value is -1.84. The fourth-order valence-electron chi connectivity index (χ4n) is 1.81. The number of carbonyl (C=O) groups is 2. The lowest BCUT2D eigenvalue weighted by molar-refractivity contribution is -0.125. The molecule has 0 bridgehead atoms. The lowest BCUT2D eigenvalue weighted by Gasteiger charge is -2.21. The molecule has 1 aromatic rings. The minimum absolute atomic E-state index is 0.0562. The van der Waals surface area contributed by atoms with Gasteiger partial charge in [-0.3, -0.25) is 9.59 Å². The van der Waals surface area contributed by atoms with E-state index in [0.29, 0.717) is 13.0 Å². The van der Waals surface area contributed by atoms with Gasteiger partial charge in [-0.15, -0.1) is 0 Å². The van der Waals surface area contributed by atoms with Crippen LogP contribution in [0.5, 0.6) is 0 Å². The van der Waals surface area contributed by atoms with E-state index in [1.54, 1.807) is 4.90 Å². The number of nitrogens with one attached hydrogen (secondary N) is 1. The molecule has 0 aliphatic carbocycles. The highest BCUT2D eigenvalue weighted by Crippen LogP contribution is 2.12. The van der Waals surface area contributed by atoms with Crippen molar-refractivity contribution >= 4 is 17.5 Å². The zero-order valence-electron chi connectivity index (χ0n) is 11.7. The minimum atomic E-state index is -0.0847. The van der Waals surface area contributed by atoms with Crippen LogP contribution in [0.2, 0.25) is 0 Å². The van der Waals surface area contributed by atoms with Gasteiger partial charge in [0.25, 0.3) is 0 Å². The molecule has 0 spiro atoms. The standard InChI is InChI=1S/C15H22N2O2/c1-3-5-11-14(18)16-12-15(19)17(4-2)13-9-7-6-8-10-13/h6-10H,3-5,11-12H2,1-2H3,(H,16,18). The maximum absolute atomic E-state index is 12.1. The van der Waals surface area contributed by atoms with Gasteiger partial charge in [-0.05, 0) is 25.5 Å². The first kappa shape index (κ1) is 15.2. The molecule has 0 fully saturated rings. The number of likely N-dealkylation sites (N-methyl/N-ethyl adjacent to an activating group) is 1. The summed E-state index contributed by atoms with van der Waals surface area (Å²) in [4.78, 5) is 25.2. The van der Waals surface area contributed by atoms with Crippen LogP contribution in [0.1, 0.15) is 33.1 Å². The molecule has 0 heterocycles. The number of hydrogen-bond donors (Lipinski definition) is 1. The van der Waals surface area contributed by atoms with E-state index < -0.39 is 0 Å². The Morgan fingerprint density at radius 1 is 1.16 bits per heavy atom. The van der Waals surface area contributed by atoms with E-state index in [9.17, 15) is 9.59 Å². The lowest BCUT2D eigenvalue weighted by atomic mass is 10.2. The molecule has 1 rings (SSSR count). The third-order valence-corrected chi connectivity index (χ3v) is 2.88. The molecule has 104 valence electrons. The first-order chi connectivity index (χ1) is 9.19. The predicted molar refractivity (Wildman–Crippen MR) is 77.0 cm³/mol. The van der Waals surface area contributed by atoms with E-state index >= 15 is 0 Å². The molecular weight excluding hydrogens is 240 g/mol. The normalized spacial score (nSPS) is 10.0. The monoisotopic (exact) mass is 262 g/mol. The fraction of sp³-hybridized carbons (Fsp3) is 0.467. The number of nitrogens with zero attached hydrogens (tertiary/aromatic N) is 1. The van der Waals surface area contributed by atoms with Crippen LogP contribution < -0.4 is 10.2 Å². The molecule has 0 saturated heterocycles. The second kappa shape index (κ2) is 8.29. The Morgan fingerprint density at radius 3 is 2.42 bits per heavy atom. The lowest BCUT2D eigenvalue weighted by Crippen LogP contribution is -2.40. The first-order valence-corrected chi connectivity index (χ1v) is 6.81. The molecule has 19 heavy (non-hydrogen) atoms. The van der Waals surface area contributed by atoms with E-state index in [4.69, 9.17) is 0 Å². The zero-order chi connectivity index (χ0) is 14.1. The number of rotatable bonds is 7. The van der Waals surface area contributed by atoms with Crippen molar-refractivity contribution < 1.29 is 9.59 Å². The number of amides is 2. The number of hydrogen-bond acceptors (Lipinski definition) is 2. The van der Waals surface area contributed by atoms with Gasteiger partial charge in [0.05, 0.1) is 6.54 Å². The van der Waals surface area contributed by atoms with Crippen molar-refractivity contribution in [2.75, 3.05) is 18.0 Å². The minimum Gasteiger partial charge on any atom is -0.347 e. The number of anilines is 1. The maximum Gasteiger partial charge on any atom is 0.246 e. The summed E-state index contributed by atoms with van der Waals surface area (Å²) in [6.45, 7) is 4.61. The molecule has 0 aliphatic heterocycles. The van der Waals surface area contributed by atoms with Crippen LogP contribution in [0.25, 0.3) is 0 Å². The van der Waals surface area contributed by atoms with Gasteiger partial charge in [-0.25, -0.2) is 0 Å². The summed E-state index contributed by atoms with van der Waals surface area (Å²) in [6, 6.07) is 9.48. The van der Waals surface area contributed by atoms with Gasteiger partial charge < -0.3 is 10.2 Å². The van der Waals surface area contributed by atoms with Crippen LogP contribution in [0.4, 0.5) is 5.69 Å². The average Bonchev–Trinajstić information content (AvgIpc) is 2.45. The van der Waals surface area contributed by atoms with Crippen molar-refractivity contribution in [2.24, 2.45) is 0 Å². The van der Waals surface area contributed by atoms with Gasteiger partial charge in [-0.2, -0.15) is 0 Å². The van der Waals surface area contributed by atoms with Gasteiger partial charge in [0, 0.05) is 18.7 Å². The Balaban J connectivity index is 2.49. The van der Waals surface area contributed by atoms with Crippen molar-refractivity contribution in [2.45, 2.75) is 33.1 Å². The predicted octanol–water partition coefficient (Wildman–Crippen LogP) is 2.35. The Kier molecular flexibility index (Phi) is 6.64. The highest BCUT2D eigenvalue weighted by atomic mass is 16.2. The van der Waals surface area contributed by atoms with E-state index in [1.165, 1.54) is 0 Å². The molecule has 1 aromatic carbocycles. The van der Waals surface area contributed by atoms with Crippen LogP contribution >= 0.6 is 0 Å². The molecular formula is C15H22N2O2. The van der Waals surface area contributed by atoms with Crippen LogP contribution in [0.3, 0.4) is 0 Å². The molecule has 0 aliphatic rings. The largest absolute Gasteiger partial charge is 0.347 e. The van der Waals surface area contributed by atoms with E-state index in [0.717, 1.165) is 18.5 Å². The van der Waals surface area contributed by atoms with E-state index in [1.807, 2.05) is 44.2 Å². The molecule has 0 aromatic heterocycles. The summed E-state index contributed by atoms with van der Waals surface area (Å²) in [5.74, 6) is -0.141. The highest BCUT2D eigenvalue weighted by Gasteiger charge is 2.14. The summed E-state index contributed by atoms with van der Waals surface area (Å²) >= 11 is 0. The van der Waals surface area contributed by atoms with Crippen LogP contribution in [0.15, 0.2) is 30.3 Å². The molecule has 1 N–H and O–H groups in total. The maximum atomic E-state index is 12.1. The third kappa shape index (κ3) is 5.12. The first-order valence-electron chi connectivity index (χ1n) is 6.81. The summed E-state index contributed by atoms with van der Waals surface area (Å²) in [5, 5.41) is 2.67. The van der Waals surface area contributed by atoms with E-state index in [2.05, 4.69) is 5.32 Å². The molecule has 4 nitrogen and oxygen atoms in total. The second-order valence-corrected chi connectivity index (χ2v) is 4.35. The molecule has 0 radical (unpaired) electrons. The molecule has 0 unspecified atom stereocenters. The Labute approximate surface area is 114 Å². The summed E-state index contributed by atoms with van der Waals surface area (Å²) in [5.41, 5.74) is 0.859. The quantitative estimate of drug-likeness (QED) is 0.820. The Bertz CT molecular complexity index is 404. The van der Waals surface area contributed by atoms with Gasteiger partial charge in [-0.1, -0.05) is 31.5 Å². The number of carbonyl (C=O) groups excluding carboxylic acids is 2. The van der Waals surface area contributed by atoms with Crippen LogP contribution in [-0.4, -0.2) is 24.9 Å². The van der Waals surface area contributed by atoms with Crippen LogP contribution in [-0.2, 0) is 9.59 Å². The molecule has 0 atom stereocenters. The summed E-state index contributed by atoms with van der Waals surface area (Å²) in [6.07, 6.45) is 2.32. The number of unbranched alkanes of at least 4 members (excludes halogenated alkanes) is 1. The average molecular weight is 262 g/mol. The van der Waals surface area contributed by atoms with Crippen LogP contribution in [0, 0.1) is 0 Å². The van der Waals surface area contributed by atoms with Crippen molar-refractivity contribution in [1.82, 2.24) is 5.32 Å². The van der Waals surface area contributed by atoms with Crippen molar-refractivity contribution in [3.63, 3.8) is 0 Å². The molecule has 2 amide bonds.